The van der Waals surface area contributed by atoms with E-state index in [1.54, 1.807) is 35.2 Å². The third-order valence-corrected chi connectivity index (χ3v) is 11.6. The van der Waals surface area contributed by atoms with Crippen molar-refractivity contribution in [2.75, 3.05) is 11.9 Å². The number of thiazole rings is 1. The van der Waals surface area contributed by atoms with Gasteiger partial charge in [0, 0.05) is 26.6 Å². The van der Waals surface area contributed by atoms with Crippen LogP contribution in [-0.2, 0) is 14.4 Å². The average molecular weight is 524 g/mol. The lowest BCUT2D eigenvalue weighted by atomic mass is 9.69. The van der Waals surface area contributed by atoms with Gasteiger partial charge in [-0.3, -0.25) is 24.1 Å². The molecule has 2 N–H and O–H groups in total. The second-order valence-corrected chi connectivity index (χ2v) is 12.8. The third-order valence-electron chi connectivity index (χ3n) is 8.02. The smallest absolute Gasteiger partial charge is 0.305 e. The molecule has 1 aromatic carbocycles. The van der Waals surface area contributed by atoms with Gasteiger partial charge < -0.3 is 10.3 Å². The van der Waals surface area contributed by atoms with Gasteiger partial charge in [-0.25, -0.2) is 0 Å². The van der Waals surface area contributed by atoms with Crippen LogP contribution < -0.4 is 10.2 Å². The highest BCUT2D eigenvalue weighted by molar-refractivity contribution is 8.00. The van der Waals surface area contributed by atoms with Crippen molar-refractivity contribution in [1.82, 2.24) is 9.88 Å². The summed E-state index contributed by atoms with van der Waals surface area (Å²) in [5, 5.41) is 5.92. The van der Waals surface area contributed by atoms with Gasteiger partial charge in [-0.05, 0) is 47.8 Å². The maximum atomic E-state index is 13.6. The summed E-state index contributed by atoms with van der Waals surface area (Å²) in [7, 11) is 0. The number of carbonyl (C=O) groups excluding carboxylic acids is 3. The van der Waals surface area contributed by atoms with Crippen molar-refractivity contribution >= 4 is 57.8 Å². The van der Waals surface area contributed by atoms with Crippen molar-refractivity contribution in [3.8, 4) is 0 Å². The number of amides is 3. The number of rotatable bonds is 4. The van der Waals surface area contributed by atoms with Crippen LogP contribution in [0.4, 0.5) is 5.69 Å². The van der Waals surface area contributed by atoms with Crippen molar-refractivity contribution in [3.05, 3.63) is 67.3 Å². The van der Waals surface area contributed by atoms with Gasteiger partial charge in [-0.15, -0.1) is 23.1 Å². The number of H-pyrrole nitrogens is 1. The van der Waals surface area contributed by atoms with Crippen LogP contribution in [0.5, 0.6) is 0 Å². The molecule has 3 amide bonds. The van der Waals surface area contributed by atoms with Crippen molar-refractivity contribution < 1.29 is 14.4 Å². The summed E-state index contributed by atoms with van der Waals surface area (Å²) in [6.07, 6.45) is 0.847. The highest BCUT2D eigenvalue weighted by atomic mass is 32.2. The first-order valence-corrected chi connectivity index (χ1v) is 14.2. The quantitative estimate of drug-likeness (QED) is 0.509. The van der Waals surface area contributed by atoms with Gasteiger partial charge >= 0.3 is 4.87 Å². The number of carbonyl (C=O) groups is 3. The van der Waals surface area contributed by atoms with Crippen molar-refractivity contribution in [1.29, 1.82) is 0 Å². The molecular weight excluding hydrogens is 502 g/mol. The van der Waals surface area contributed by atoms with E-state index in [2.05, 4.69) is 21.7 Å². The molecule has 10 heteroatoms. The molecule has 4 heterocycles. The normalized spacial score (nSPS) is 32.5. The molecule has 2 aromatic heterocycles. The zero-order valence-corrected chi connectivity index (χ0v) is 20.8. The summed E-state index contributed by atoms with van der Waals surface area (Å²) < 4.78 is 0. The van der Waals surface area contributed by atoms with Crippen LogP contribution in [0.15, 0.2) is 57.7 Å². The Morgan fingerprint density at radius 3 is 2.54 bits per heavy atom. The zero-order valence-electron chi connectivity index (χ0n) is 18.4. The first kappa shape index (κ1) is 21.6. The molecular formula is C25H21N3O4S3. The molecule has 2 aliphatic carbocycles. The fraction of sp³-hybridized carbons (Fsp3) is 0.360. The minimum Gasteiger partial charge on any atom is -0.325 e. The topological polar surface area (TPSA) is 99.3 Å². The van der Waals surface area contributed by atoms with Crippen LogP contribution in [0.2, 0.25) is 0 Å². The second kappa shape index (κ2) is 7.91. The van der Waals surface area contributed by atoms with E-state index in [0.717, 1.165) is 16.3 Å². The standard InChI is InChI=1S/C25H21N3O4S3/c29-15(26-11-5-2-1-3-6-11)10-28-23(30)17-12-9-13(18(17)24(28)31)20-16(12)19(14-7-4-8-33-14)21-22(34-20)27-25(32)35-21/h1-8,12-13,16-20H,9-10H2,(H,26,29)(H,27,32). The molecule has 0 radical (unpaired) electrons. The van der Waals surface area contributed by atoms with Crippen LogP contribution >= 0.6 is 34.4 Å². The maximum Gasteiger partial charge on any atom is 0.305 e. The molecule has 7 unspecified atom stereocenters. The number of anilines is 1. The van der Waals surface area contributed by atoms with Crippen LogP contribution in [-0.4, -0.2) is 39.4 Å². The van der Waals surface area contributed by atoms with E-state index in [0.29, 0.717) is 5.69 Å². The van der Waals surface area contributed by atoms with E-state index in [1.165, 1.54) is 21.1 Å². The van der Waals surface area contributed by atoms with E-state index in [4.69, 9.17) is 0 Å². The summed E-state index contributed by atoms with van der Waals surface area (Å²) >= 11 is 4.63. The SMILES string of the molecule is O=C(CN1C(=O)C2C3CC(C2C1=O)C1C(c2cccs2)c2sc(=O)[nH]c2SC31)Nc1ccccc1. The molecule has 0 spiro atoms. The summed E-state index contributed by atoms with van der Waals surface area (Å²) in [4.78, 5) is 58.4. The van der Waals surface area contributed by atoms with Gasteiger partial charge in [0.15, 0.2) is 0 Å². The molecule has 3 aromatic rings. The Labute approximate surface area is 212 Å². The molecule has 35 heavy (non-hydrogen) atoms. The molecule has 1 saturated heterocycles. The van der Waals surface area contributed by atoms with Crippen LogP contribution in [0.1, 0.15) is 22.1 Å². The van der Waals surface area contributed by atoms with Gasteiger partial charge in [0.25, 0.3) is 0 Å². The van der Waals surface area contributed by atoms with E-state index in [1.807, 2.05) is 24.3 Å². The summed E-state index contributed by atoms with van der Waals surface area (Å²) in [5.74, 6) is -1.15. The number of imide groups is 1. The number of fused-ring (bicyclic) bond motifs is 9. The number of nitrogens with one attached hydrogen (secondary N) is 2. The highest BCUT2D eigenvalue weighted by Gasteiger charge is 2.69. The first-order valence-electron chi connectivity index (χ1n) is 11.6. The van der Waals surface area contributed by atoms with Crippen LogP contribution in [0.3, 0.4) is 0 Å². The predicted molar refractivity (Wildman–Crippen MR) is 135 cm³/mol. The molecule has 2 aliphatic heterocycles. The lowest BCUT2D eigenvalue weighted by molar-refractivity contribution is -0.143. The molecule has 2 saturated carbocycles. The number of thioether (sulfide) groups is 1. The van der Waals surface area contributed by atoms with Gasteiger partial charge in [0.1, 0.15) is 6.54 Å². The number of thiophene rings is 1. The minimum absolute atomic E-state index is 0.0562. The Morgan fingerprint density at radius 2 is 1.80 bits per heavy atom. The predicted octanol–water partition coefficient (Wildman–Crippen LogP) is 3.61. The van der Waals surface area contributed by atoms with Crippen molar-refractivity contribution in [2.24, 2.45) is 29.6 Å². The average Bonchev–Trinajstić information content (AvgIpc) is 3.65. The fourth-order valence-electron chi connectivity index (χ4n) is 6.89. The zero-order chi connectivity index (χ0) is 23.8. The number of hydrogen-bond acceptors (Lipinski definition) is 7. The van der Waals surface area contributed by atoms with Gasteiger partial charge in [-0.2, -0.15) is 0 Å². The Morgan fingerprint density at radius 1 is 1.03 bits per heavy atom. The van der Waals surface area contributed by atoms with Gasteiger partial charge in [0.2, 0.25) is 17.7 Å². The number of likely N-dealkylation sites (tertiary alicyclic amines) is 1. The summed E-state index contributed by atoms with van der Waals surface area (Å²) in [6, 6.07) is 13.2. The fourth-order valence-corrected chi connectivity index (χ4v) is 10.7. The molecule has 7 nitrogen and oxygen atoms in total. The monoisotopic (exact) mass is 523 g/mol. The number of para-hydroxylation sites is 1. The van der Waals surface area contributed by atoms with Gasteiger partial charge in [-0.1, -0.05) is 35.6 Å². The Kier molecular flexibility index (Phi) is 4.88. The number of nitrogens with zero attached hydrogens (tertiary/aromatic N) is 1. The summed E-state index contributed by atoms with van der Waals surface area (Å²) in [6.45, 7) is -0.253. The number of aromatic nitrogens is 1. The Hall–Kier alpha value is -2.69. The third kappa shape index (κ3) is 3.16. The second-order valence-electron chi connectivity index (χ2n) is 9.65. The minimum atomic E-state index is -0.376. The van der Waals surface area contributed by atoms with Crippen molar-refractivity contribution in [2.45, 2.75) is 22.6 Å². The highest BCUT2D eigenvalue weighted by Crippen LogP contribution is 2.68. The lowest BCUT2D eigenvalue weighted by Crippen LogP contribution is -2.42. The van der Waals surface area contributed by atoms with E-state index in [-0.39, 0.29) is 69.9 Å². The Balaban J connectivity index is 1.19. The molecule has 7 rings (SSSR count). The molecule has 178 valence electrons. The number of hydrogen-bond donors (Lipinski definition) is 2. The molecule has 4 aliphatic rings. The Bertz CT molecular complexity index is 1400. The number of benzene rings is 1. The van der Waals surface area contributed by atoms with E-state index < -0.39 is 0 Å². The van der Waals surface area contributed by atoms with E-state index in [9.17, 15) is 19.2 Å². The summed E-state index contributed by atoms with van der Waals surface area (Å²) in [5.41, 5.74) is 0.637. The van der Waals surface area contributed by atoms with Crippen LogP contribution in [0.25, 0.3) is 0 Å². The first-order chi connectivity index (χ1) is 17.0. The molecule has 2 bridgehead atoms. The molecule has 3 fully saturated rings. The van der Waals surface area contributed by atoms with Crippen LogP contribution in [0, 0.1) is 29.6 Å². The van der Waals surface area contributed by atoms with Crippen molar-refractivity contribution in [3.63, 3.8) is 0 Å². The number of aromatic amines is 1. The largest absolute Gasteiger partial charge is 0.325 e. The maximum absolute atomic E-state index is 13.6. The molecule has 7 atom stereocenters. The lowest BCUT2D eigenvalue weighted by Gasteiger charge is -2.42. The van der Waals surface area contributed by atoms with Gasteiger partial charge in [0.05, 0.1) is 16.9 Å². The van der Waals surface area contributed by atoms with E-state index >= 15 is 0 Å².